The molecular formula is C21H29BF4O4. The predicted molar refractivity (Wildman–Crippen MR) is 108 cm³/mol. The molecule has 1 heterocycles. The van der Waals surface area contributed by atoms with Crippen LogP contribution in [0.3, 0.4) is 0 Å². The molecule has 0 spiro atoms. The van der Waals surface area contributed by atoms with Gasteiger partial charge in [-0.3, -0.25) is 0 Å². The Morgan fingerprint density at radius 3 is 2.10 bits per heavy atom. The summed E-state index contributed by atoms with van der Waals surface area (Å²) in [6, 6.07) is 5.19. The van der Waals surface area contributed by atoms with E-state index in [1.807, 2.05) is 20.8 Å². The van der Waals surface area contributed by atoms with E-state index in [2.05, 4.69) is 4.74 Å². The van der Waals surface area contributed by atoms with Gasteiger partial charge in [0.15, 0.2) is 0 Å². The van der Waals surface area contributed by atoms with Crippen LogP contribution in [0.5, 0.6) is 5.75 Å². The minimum Gasteiger partial charge on any atom is -0.406 e. The molecule has 0 aromatic heterocycles. The first-order valence-corrected chi connectivity index (χ1v) is 9.75. The largest absolute Gasteiger partial charge is 0.573 e. The molecule has 1 aromatic rings. The molecular weight excluding hydrogens is 403 g/mol. The Kier molecular flexibility index (Phi) is 7.01. The lowest BCUT2D eigenvalue weighted by Crippen LogP contribution is -2.41. The van der Waals surface area contributed by atoms with Crippen molar-refractivity contribution in [3.63, 3.8) is 0 Å². The van der Waals surface area contributed by atoms with E-state index >= 15 is 4.39 Å². The highest BCUT2D eigenvalue weighted by Crippen LogP contribution is 2.41. The van der Waals surface area contributed by atoms with Crippen molar-refractivity contribution in [1.29, 1.82) is 0 Å². The average molecular weight is 432 g/mol. The monoisotopic (exact) mass is 432 g/mol. The van der Waals surface area contributed by atoms with Crippen molar-refractivity contribution in [3.05, 3.63) is 35.6 Å². The van der Waals surface area contributed by atoms with Crippen LogP contribution in [0.25, 0.3) is 5.57 Å². The zero-order chi connectivity index (χ0) is 23.0. The van der Waals surface area contributed by atoms with E-state index in [9.17, 15) is 13.2 Å². The summed E-state index contributed by atoms with van der Waals surface area (Å²) in [6.07, 6.45) is -4.73. The molecule has 2 rings (SSSR count). The minimum absolute atomic E-state index is 0.114. The summed E-state index contributed by atoms with van der Waals surface area (Å²) in [5, 5.41) is 0. The smallest absolute Gasteiger partial charge is 0.406 e. The second kappa shape index (κ2) is 8.51. The van der Waals surface area contributed by atoms with Crippen LogP contribution in [0.4, 0.5) is 17.6 Å². The first kappa shape index (κ1) is 24.7. The van der Waals surface area contributed by atoms with Crippen LogP contribution in [0.1, 0.15) is 60.5 Å². The number of halogens is 4. The van der Waals surface area contributed by atoms with Gasteiger partial charge in [-0.05, 0) is 78.2 Å². The van der Waals surface area contributed by atoms with E-state index in [0.717, 1.165) is 12.1 Å². The Labute approximate surface area is 175 Å². The minimum atomic E-state index is -4.85. The number of benzene rings is 1. The third-order valence-corrected chi connectivity index (χ3v) is 5.05. The topological polar surface area (TPSA) is 36.9 Å². The predicted octanol–water partition coefficient (Wildman–Crippen LogP) is 6.10. The van der Waals surface area contributed by atoms with Crippen LogP contribution in [0, 0.1) is 0 Å². The lowest BCUT2D eigenvalue weighted by Gasteiger charge is -2.32. The Bertz CT molecular complexity index is 766. The molecule has 1 aromatic carbocycles. The Morgan fingerprint density at radius 1 is 1.03 bits per heavy atom. The summed E-state index contributed by atoms with van der Waals surface area (Å²) in [7, 11) is -1.27. The molecule has 0 aliphatic carbocycles. The molecule has 0 unspecified atom stereocenters. The van der Waals surface area contributed by atoms with Gasteiger partial charge in [-0.15, -0.1) is 13.2 Å². The van der Waals surface area contributed by atoms with Crippen molar-refractivity contribution in [2.24, 2.45) is 0 Å². The number of hydrogen-bond acceptors (Lipinski definition) is 4. The molecule has 1 fully saturated rings. The van der Waals surface area contributed by atoms with Gasteiger partial charge in [-0.2, -0.15) is 0 Å². The van der Waals surface area contributed by atoms with Crippen LogP contribution in [-0.4, -0.2) is 36.9 Å². The first-order valence-electron chi connectivity index (χ1n) is 9.75. The molecule has 0 bridgehead atoms. The third-order valence-electron chi connectivity index (χ3n) is 5.05. The summed E-state index contributed by atoms with van der Waals surface area (Å²) in [5.74, 6) is -0.434. The molecule has 0 N–H and O–H groups in total. The molecule has 0 atom stereocenters. The van der Waals surface area contributed by atoms with E-state index in [-0.39, 0.29) is 24.2 Å². The Morgan fingerprint density at radius 2 is 1.60 bits per heavy atom. The summed E-state index contributed by atoms with van der Waals surface area (Å²) in [4.78, 5) is 0. The third kappa shape index (κ3) is 6.46. The van der Waals surface area contributed by atoms with E-state index in [4.69, 9.17) is 14.0 Å². The molecule has 0 radical (unpaired) electrons. The summed E-state index contributed by atoms with van der Waals surface area (Å²) >= 11 is 0. The van der Waals surface area contributed by atoms with E-state index in [1.54, 1.807) is 27.7 Å². The summed E-state index contributed by atoms with van der Waals surface area (Å²) in [6.45, 7) is 12.9. The fourth-order valence-electron chi connectivity index (χ4n) is 2.83. The lowest BCUT2D eigenvalue weighted by molar-refractivity contribution is -0.274. The van der Waals surface area contributed by atoms with Crippen molar-refractivity contribution in [2.75, 3.05) is 6.61 Å². The maximum absolute atomic E-state index is 15.5. The van der Waals surface area contributed by atoms with Gasteiger partial charge in [0, 0.05) is 0 Å². The van der Waals surface area contributed by atoms with Gasteiger partial charge in [-0.1, -0.05) is 12.1 Å². The quantitative estimate of drug-likeness (QED) is 0.402. The molecule has 0 amide bonds. The fraction of sp³-hybridized carbons (Fsp3) is 0.619. The first-order chi connectivity index (χ1) is 13.5. The van der Waals surface area contributed by atoms with Crippen molar-refractivity contribution in [1.82, 2.24) is 0 Å². The lowest BCUT2D eigenvalue weighted by atomic mass is 9.82. The van der Waals surface area contributed by atoms with E-state index < -0.39 is 41.8 Å². The fourth-order valence-corrected chi connectivity index (χ4v) is 2.83. The number of rotatable bonds is 6. The Balaban J connectivity index is 2.40. The number of ether oxygens (including phenoxy) is 2. The molecule has 1 aliphatic heterocycles. The molecule has 30 heavy (non-hydrogen) atoms. The maximum atomic E-state index is 15.5. The normalized spacial score (nSPS) is 19.6. The van der Waals surface area contributed by atoms with E-state index in [1.165, 1.54) is 12.1 Å². The van der Waals surface area contributed by atoms with Gasteiger partial charge in [0.05, 0.1) is 23.4 Å². The van der Waals surface area contributed by atoms with Crippen molar-refractivity contribution >= 4 is 12.7 Å². The van der Waals surface area contributed by atoms with Gasteiger partial charge in [0.25, 0.3) is 0 Å². The highest BCUT2D eigenvalue weighted by molar-refractivity contribution is 6.55. The molecule has 1 saturated heterocycles. The number of hydrogen-bond donors (Lipinski definition) is 0. The molecule has 0 saturated carbocycles. The summed E-state index contributed by atoms with van der Waals surface area (Å²) in [5.41, 5.74) is -2.29. The van der Waals surface area contributed by atoms with Gasteiger partial charge in [-0.25, -0.2) is 4.39 Å². The zero-order valence-corrected chi connectivity index (χ0v) is 18.4. The molecule has 168 valence electrons. The standard InChI is InChI=1S/C21H29BF4O4/c1-18(2,3)27-12-11-16(14-9-8-10-15(13-14)28-21(24,25)26)17(23)22-29-19(4,5)20(6,7)30-22/h8-10,13H,11-12H2,1-7H3. The molecule has 4 nitrogen and oxygen atoms in total. The van der Waals surface area contributed by atoms with E-state index in [0.29, 0.717) is 0 Å². The van der Waals surface area contributed by atoms with Crippen LogP contribution in [-0.2, 0) is 14.0 Å². The van der Waals surface area contributed by atoms with Crippen molar-refractivity contribution in [2.45, 2.75) is 78.1 Å². The van der Waals surface area contributed by atoms with Crippen LogP contribution in [0.15, 0.2) is 30.0 Å². The average Bonchev–Trinajstić information content (AvgIpc) is 2.76. The van der Waals surface area contributed by atoms with Crippen LogP contribution < -0.4 is 4.74 Å². The zero-order valence-electron chi connectivity index (χ0n) is 18.4. The Hall–Kier alpha value is -1.58. The van der Waals surface area contributed by atoms with Gasteiger partial charge in [0.2, 0.25) is 0 Å². The van der Waals surface area contributed by atoms with Crippen molar-refractivity contribution < 1.29 is 36.3 Å². The highest BCUT2D eigenvalue weighted by Gasteiger charge is 2.53. The van der Waals surface area contributed by atoms with Gasteiger partial charge < -0.3 is 18.8 Å². The van der Waals surface area contributed by atoms with Crippen LogP contribution >= 0.6 is 0 Å². The SMILES string of the molecule is CC(C)(C)OCCC(=C(F)B1OC(C)(C)C(C)(C)O1)c1cccc(OC(F)(F)F)c1. The summed E-state index contributed by atoms with van der Waals surface area (Å²) < 4.78 is 74.6. The van der Waals surface area contributed by atoms with Gasteiger partial charge >= 0.3 is 13.5 Å². The second-order valence-electron chi connectivity index (χ2n) is 9.20. The molecule has 9 heteroatoms. The molecule has 1 aliphatic rings. The van der Waals surface area contributed by atoms with Crippen molar-refractivity contribution in [3.8, 4) is 5.75 Å². The highest BCUT2D eigenvalue weighted by atomic mass is 19.4. The van der Waals surface area contributed by atoms with Gasteiger partial charge in [0.1, 0.15) is 11.5 Å². The maximum Gasteiger partial charge on any atom is 0.573 e. The van der Waals surface area contributed by atoms with Crippen LogP contribution in [0.2, 0.25) is 0 Å². The number of alkyl halides is 3. The second-order valence-corrected chi connectivity index (χ2v) is 9.20.